The van der Waals surface area contributed by atoms with Crippen molar-refractivity contribution in [2.24, 2.45) is 0 Å². The average Bonchev–Trinajstić information content (AvgIpc) is 3.61. The zero-order valence-corrected chi connectivity index (χ0v) is 27.2. The molecular formula is C36H39N9O2. The van der Waals surface area contributed by atoms with Crippen LogP contribution in [-0.4, -0.2) is 69.6 Å². The number of carbonyl (C=O) groups is 1. The van der Waals surface area contributed by atoms with Crippen LogP contribution in [0, 0.1) is 6.92 Å². The number of anilines is 4. The Labute approximate surface area is 274 Å². The third-order valence-electron chi connectivity index (χ3n) is 9.25. The maximum Gasteiger partial charge on any atom is 0.330 e. The molecule has 1 saturated heterocycles. The normalized spacial score (nSPS) is 15.5. The summed E-state index contributed by atoms with van der Waals surface area (Å²) >= 11 is 0. The Hall–Kier alpha value is -5.29. The summed E-state index contributed by atoms with van der Waals surface area (Å²) < 4.78 is 5.53. The van der Waals surface area contributed by atoms with Crippen LogP contribution in [0.5, 0.6) is 5.75 Å². The highest BCUT2D eigenvalue weighted by atomic mass is 16.5. The van der Waals surface area contributed by atoms with E-state index >= 15 is 0 Å². The van der Waals surface area contributed by atoms with Gasteiger partial charge in [0, 0.05) is 47.2 Å². The lowest BCUT2D eigenvalue weighted by atomic mass is 9.93. The summed E-state index contributed by atoms with van der Waals surface area (Å²) in [6, 6.07) is 17.8. The van der Waals surface area contributed by atoms with Gasteiger partial charge in [-0.15, -0.1) is 0 Å². The molecule has 3 aromatic heterocycles. The number of urea groups is 1. The predicted molar refractivity (Wildman–Crippen MR) is 184 cm³/mol. The van der Waals surface area contributed by atoms with Crippen molar-refractivity contribution in [3.63, 3.8) is 0 Å². The first kappa shape index (κ1) is 30.4. The number of hydrogen-bond donors (Lipinski definition) is 2. The number of fused-ring (bicyclic) bond motifs is 1. The second-order valence-electron chi connectivity index (χ2n) is 12.1. The van der Waals surface area contributed by atoms with Crippen LogP contribution in [0.3, 0.4) is 0 Å². The van der Waals surface area contributed by atoms with Crippen LogP contribution in [0.15, 0.2) is 73.2 Å². The van der Waals surface area contributed by atoms with Crippen molar-refractivity contribution >= 4 is 29.2 Å². The molecule has 2 aliphatic heterocycles. The molecule has 2 amide bonds. The number of nitrogens with one attached hydrogen (secondary N) is 2. The van der Waals surface area contributed by atoms with E-state index in [1.165, 1.54) is 0 Å². The molecule has 0 aliphatic carbocycles. The highest BCUT2D eigenvalue weighted by molar-refractivity contribution is 6.05. The number of amides is 2. The zero-order chi connectivity index (χ0) is 32.5. The largest absolute Gasteiger partial charge is 0.496 e. The van der Waals surface area contributed by atoms with Gasteiger partial charge in [0.2, 0.25) is 5.95 Å². The average molecular weight is 630 g/mol. The molecule has 2 aliphatic rings. The van der Waals surface area contributed by atoms with Gasteiger partial charge in [0.25, 0.3) is 0 Å². The first-order valence-corrected chi connectivity index (χ1v) is 16.1. The van der Waals surface area contributed by atoms with Crippen LogP contribution in [0.25, 0.3) is 22.6 Å². The van der Waals surface area contributed by atoms with Gasteiger partial charge in [-0.2, -0.15) is 4.98 Å². The molecule has 2 N–H and O–H groups in total. The summed E-state index contributed by atoms with van der Waals surface area (Å²) in [6.07, 6.45) is 7.70. The number of rotatable bonds is 8. The molecule has 0 atom stereocenters. The summed E-state index contributed by atoms with van der Waals surface area (Å²) in [5, 5.41) is 3.27. The van der Waals surface area contributed by atoms with Crippen molar-refractivity contribution in [3.8, 4) is 28.4 Å². The molecule has 0 saturated carbocycles. The molecule has 2 aromatic carbocycles. The van der Waals surface area contributed by atoms with E-state index < -0.39 is 0 Å². The number of benzene rings is 2. The number of ether oxygens (including phenoxy) is 1. The number of piperidine rings is 1. The maximum atomic E-state index is 13.8. The Morgan fingerprint density at radius 2 is 1.83 bits per heavy atom. The first-order chi connectivity index (χ1) is 22.9. The number of pyridine rings is 1. The van der Waals surface area contributed by atoms with E-state index in [1.807, 2.05) is 61.7 Å². The number of likely N-dealkylation sites (tertiary alicyclic amines) is 1. The van der Waals surface area contributed by atoms with E-state index in [2.05, 4.69) is 38.2 Å². The van der Waals surface area contributed by atoms with E-state index in [0.717, 1.165) is 83.2 Å². The molecule has 0 radical (unpaired) electrons. The number of nitrogens with zero attached hydrogens (tertiary/aromatic N) is 7. The molecule has 47 heavy (non-hydrogen) atoms. The topological polar surface area (TPSA) is 115 Å². The number of aryl methyl sites for hydroxylation is 1. The molecule has 5 aromatic rings. The Kier molecular flexibility index (Phi) is 8.30. The molecular weight excluding hydrogens is 590 g/mol. The summed E-state index contributed by atoms with van der Waals surface area (Å²) in [5.41, 5.74) is 7.21. The number of para-hydroxylation sites is 1. The van der Waals surface area contributed by atoms with Crippen LogP contribution in [0.1, 0.15) is 42.5 Å². The third kappa shape index (κ3) is 6.01. The monoisotopic (exact) mass is 629 g/mol. The van der Waals surface area contributed by atoms with Gasteiger partial charge in [0.15, 0.2) is 0 Å². The molecule has 0 spiro atoms. The van der Waals surface area contributed by atoms with Crippen molar-refractivity contribution < 1.29 is 9.53 Å². The SMILES string of the molecule is CCN1CCC(c2ccc(Nc3ncc4c(n3)N(C)C(=O)N(c3cc(-c5ncc(-c6ccccc6OC)[nH]5)ccc3C)C4)cn2)CC1. The van der Waals surface area contributed by atoms with Crippen molar-refractivity contribution in [3.05, 3.63) is 90.0 Å². The van der Waals surface area contributed by atoms with E-state index in [4.69, 9.17) is 14.7 Å². The lowest BCUT2D eigenvalue weighted by Gasteiger charge is -2.35. The van der Waals surface area contributed by atoms with Gasteiger partial charge in [-0.25, -0.2) is 14.8 Å². The molecule has 0 bridgehead atoms. The molecule has 0 unspecified atom stereocenters. The lowest BCUT2D eigenvalue weighted by molar-refractivity contribution is 0.221. The van der Waals surface area contributed by atoms with Gasteiger partial charge in [0.05, 0.1) is 37.4 Å². The predicted octanol–water partition coefficient (Wildman–Crippen LogP) is 6.77. The van der Waals surface area contributed by atoms with Gasteiger partial charge < -0.3 is 19.9 Å². The van der Waals surface area contributed by atoms with Crippen molar-refractivity contribution in [2.75, 3.05) is 48.9 Å². The van der Waals surface area contributed by atoms with E-state index in [-0.39, 0.29) is 6.03 Å². The second-order valence-corrected chi connectivity index (χ2v) is 12.1. The van der Waals surface area contributed by atoms with E-state index in [9.17, 15) is 4.79 Å². The Morgan fingerprint density at radius 3 is 2.60 bits per heavy atom. The van der Waals surface area contributed by atoms with Crippen LogP contribution in [0.2, 0.25) is 0 Å². The number of aromatic amines is 1. The molecule has 11 nitrogen and oxygen atoms in total. The zero-order valence-electron chi connectivity index (χ0n) is 27.2. The van der Waals surface area contributed by atoms with Gasteiger partial charge in [-0.1, -0.05) is 31.2 Å². The smallest absolute Gasteiger partial charge is 0.330 e. The number of H-pyrrole nitrogens is 1. The van der Waals surface area contributed by atoms with Crippen LogP contribution < -0.4 is 19.9 Å². The lowest BCUT2D eigenvalue weighted by Crippen LogP contribution is -2.46. The fourth-order valence-corrected chi connectivity index (χ4v) is 6.47. The summed E-state index contributed by atoms with van der Waals surface area (Å²) in [7, 11) is 3.40. The van der Waals surface area contributed by atoms with Gasteiger partial charge in [-0.05, 0) is 75.3 Å². The molecule has 7 rings (SSSR count). The first-order valence-electron chi connectivity index (χ1n) is 16.1. The Balaban J connectivity index is 1.08. The van der Waals surface area contributed by atoms with Gasteiger partial charge in [-0.3, -0.25) is 14.8 Å². The highest BCUT2D eigenvalue weighted by Gasteiger charge is 2.32. The summed E-state index contributed by atoms with van der Waals surface area (Å²) in [5.74, 6) is 2.96. The minimum Gasteiger partial charge on any atom is -0.496 e. The van der Waals surface area contributed by atoms with E-state index in [1.54, 1.807) is 36.4 Å². The Bertz CT molecular complexity index is 1900. The van der Waals surface area contributed by atoms with Crippen LogP contribution in [0.4, 0.5) is 27.9 Å². The Morgan fingerprint density at radius 1 is 1.00 bits per heavy atom. The second kappa shape index (κ2) is 12.8. The molecule has 5 heterocycles. The minimum absolute atomic E-state index is 0.170. The summed E-state index contributed by atoms with van der Waals surface area (Å²) in [6.45, 7) is 7.91. The molecule has 1 fully saturated rings. The van der Waals surface area contributed by atoms with Crippen molar-refractivity contribution in [1.29, 1.82) is 0 Å². The number of carbonyl (C=O) groups excluding carboxylic acids is 1. The standard InChI is InChI=1S/C36H39N9O2/c1-5-44-16-14-24(15-17-44)29-13-12-27(20-37-29)40-35-39-19-26-22-45(36(46)43(3)34(26)42-35)31-18-25(11-10-23(31)2)33-38-21-30(41-33)28-8-6-7-9-32(28)47-4/h6-13,18-21,24H,5,14-17,22H2,1-4H3,(H,38,41)(H,39,40,42). The summed E-state index contributed by atoms with van der Waals surface area (Å²) in [4.78, 5) is 41.7. The van der Waals surface area contributed by atoms with Gasteiger partial charge >= 0.3 is 6.03 Å². The van der Waals surface area contributed by atoms with Crippen LogP contribution >= 0.6 is 0 Å². The van der Waals surface area contributed by atoms with Crippen LogP contribution in [-0.2, 0) is 6.54 Å². The quantitative estimate of drug-likeness (QED) is 0.193. The minimum atomic E-state index is -0.170. The highest BCUT2D eigenvalue weighted by Crippen LogP contribution is 2.35. The maximum absolute atomic E-state index is 13.8. The number of aromatic nitrogens is 5. The van der Waals surface area contributed by atoms with Crippen molar-refractivity contribution in [1.82, 2.24) is 29.8 Å². The molecule has 240 valence electrons. The number of hydrogen-bond acceptors (Lipinski definition) is 8. The van der Waals surface area contributed by atoms with E-state index in [0.29, 0.717) is 30.1 Å². The van der Waals surface area contributed by atoms with Crippen molar-refractivity contribution in [2.45, 2.75) is 39.2 Å². The molecule has 11 heteroatoms. The fraction of sp³-hybridized carbons (Fsp3) is 0.306. The number of methoxy groups -OCH3 is 1. The third-order valence-corrected chi connectivity index (χ3v) is 9.25. The fourth-order valence-electron chi connectivity index (χ4n) is 6.47. The van der Waals surface area contributed by atoms with Gasteiger partial charge in [0.1, 0.15) is 17.4 Å². The number of imidazole rings is 1.